The maximum Gasteiger partial charge on any atom is 0.264 e. The first-order chi connectivity index (χ1) is 10.1. The van der Waals surface area contributed by atoms with Crippen LogP contribution in [0.25, 0.3) is 0 Å². The molecule has 0 unspecified atom stereocenters. The lowest BCUT2D eigenvalue weighted by atomic mass is 10.2. The smallest absolute Gasteiger partial charge is 0.264 e. The summed E-state index contributed by atoms with van der Waals surface area (Å²) in [6, 6.07) is 12.0. The first-order valence-electron chi connectivity index (χ1n) is 6.91. The lowest BCUT2D eigenvalue weighted by Crippen LogP contribution is -2.32. The predicted molar refractivity (Wildman–Crippen MR) is 91.6 cm³/mol. The Balaban J connectivity index is 2.16. The van der Waals surface area contributed by atoms with Crippen LogP contribution in [0.4, 0.5) is 0 Å². The van der Waals surface area contributed by atoms with E-state index in [4.69, 9.17) is 5.73 Å². The van der Waals surface area contributed by atoms with E-state index in [9.17, 15) is 4.79 Å². The number of benzene rings is 1. The highest BCUT2D eigenvalue weighted by Crippen LogP contribution is 2.28. The van der Waals surface area contributed by atoms with Gasteiger partial charge in [0.15, 0.2) is 0 Å². The van der Waals surface area contributed by atoms with Crippen LogP contribution >= 0.6 is 27.3 Å². The second-order valence-corrected chi connectivity index (χ2v) is 7.29. The number of halogens is 1. The summed E-state index contributed by atoms with van der Waals surface area (Å²) in [5.74, 6) is 0.0751. The molecule has 2 rings (SSSR count). The Morgan fingerprint density at radius 2 is 2.05 bits per heavy atom. The van der Waals surface area contributed by atoms with E-state index in [1.165, 1.54) is 11.3 Å². The molecule has 0 aliphatic carbocycles. The van der Waals surface area contributed by atoms with Gasteiger partial charge in [-0.2, -0.15) is 0 Å². The van der Waals surface area contributed by atoms with Crippen LogP contribution < -0.4 is 5.73 Å². The van der Waals surface area contributed by atoms with Crippen LogP contribution in [0.15, 0.2) is 40.2 Å². The molecule has 2 N–H and O–H groups in total. The third-order valence-electron chi connectivity index (χ3n) is 3.20. The maximum atomic E-state index is 12.7. The summed E-state index contributed by atoms with van der Waals surface area (Å²) < 4.78 is 1.02. The molecule has 0 saturated heterocycles. The fraction of sp³-hybridized carbons (Fsp3) is 0.312. The molecule has 0 aliphatic heterocycles. The van der Waals surface area contributed by atoms with E-state index >= 15 is 0 Å². The lowest BCUT2D eigenvalue weighted by Gasteiger charge is -2.22. The minimum atomic E-state index is 0.0751. The van der Waals surface area contributed by atoms with Crippen molar-refractivity contribution in [2.45, 2.75) is 19.9 Å². The van der Waals surface area contributed by atoms with Gasteiger partial charge in [0.1, 0.15) is 0 Å². The Bertz CT molecular complexity index is 578. The molecular weight excluding hydrogens is 348 g/mol. The molecule has 1 heterocycles. The van der Waals surface area contributed by atoms with Gasteiger partial charge in [0.2, 0.25) is 0 Å². The Hall–Kier alpha value is -1.17. The number of carbonyl (C=O) groups is 1. The molecule has 1 aromatic carbocycles. The van der Waals surface area contributed by atoms with Crippen LogP contribution in [-0.4, -0.2) is 23.9 Å². The van der Waals surface area contributed by atoms with Gasteiger partial charge in [-0.15, -0.1) is 11.3 Å². The molecule has 1 aromatic heterocycles. The average Bonchev–Trinajstić information content (AvgIpc) is 2.83. The third-order valence-corrected chi connectivity index (χ3v) is 5.33. The Labute approximate surface area is 137 Å². The van der Waals surface area contributed by atoms with Crippen molar-refractivity contribution in [3.05, 3.63) is 56.2 Å². The summed E-state index contributed by atoms with van der Waals surface area (Å²) in [5, 5.41) is 0. The van der Waals surface area contributed by atoms with Crippen LogP contribution in [0, 0.1) is 6.92 Å². The molecule has 0 atom stereocenters. The normalized spacial score (nSPS) is 10.6. The predicted octanol–water partition coefficient (Wildman–Crippen LogP) is 3.81. The summed E-state index contributed by atoms with van der Waals surface area (Å²) >= 11 is 4.97. The van der Waals surface area contributed by atoms with Gasteiger partial charge in [-0.1, -0.05) is 30.3 Å². The van der Waals surface area contributed by atoms with Crippen molar-refractivity contribution in [2.24, 2.45) is 5.73 Å². The summed E-state index contributed by atoms with van der Waals surface area (Å²) in [7, 11) is 0. The number of nitrogens with two attached hydrogens (primary N) is 1. The molecule has 21 heavy (non-hydrogen) atoms. The molecule has 112 valence electrons. The van der Waals surface area contributed by atoms with Gasteiger partial charge in [0.25, 0.3) is 5.91 Å². The van der Waals surface area contributed by atoms with Crippen molar-refractivity contribution >= 4 is 33.2 Å². The van der Waals surface area contributed by atoms with E-state index in [1.54, 1.807) is 0 Å². The highest BCUT2D eigenvalue weighted by atomic mass is 79.9. The van der Waals surface area contributed by atoms with Crippen LogP contribution in [0.3, 0.4) is 0 Å². The number of thiophene rings is 1. The van der Waals surface area contributed by atoms with E-state index in [2.05, 4.69) is 15.9 Å². The second-order valence-electron chi connectivity index (χ2n) is 4.92. The molecule has 0 aliphatic rings. The van der Waals surface area contributed by atoms with E-state index in [-0.39, 0.29) is 5.91 Å². The number of carbonyl (C=O) groups excluding carboxylic acids is 1. The molecule has 0 saturated carbocycles. The Kier molecular flexibility index (Phi) is 5.96. The van der Waals surface area contributed by atoms with Crippen molar-refractivity contribution < 1.29 is 4.79 Å². The van der Waals surface area contributed by atoms with Crippen molar-refractivity contribution in [1.82, 2.24) is 4.90 Å². The number of hydrogen-bond donors (Lipinski definition) is 1. The Morgan fingerprint density at radius 1 is 1.33 bits per heavy atom. The standard InChI is InChI=1S/C16H19BrN2OS/c1-12-10-14(21-15(12)17)16(20)19(9-5-8-18)11-13-6-3-2-4-7-13/h2-4,6-7,10H,5,8-9,11,18H2,1H3. The van der Waals surface area contributed by atoms with Crippen LogP contribution in [0.5, 0.6) is 0 Å². The molecule has 2 aromatic rings. The molecule has 5 heteroatoms. The topological polar surface area (TPSA) is 46.3 Å². The fourth-order valence-electron chi connectivity index (χ4n) is 2.06. The van der Waals surface area contributed by atoms with Gasteiger partial charge >= 0.3 is 0 Å². The summed E-state index contributed by atoms with van der Waals surface area (Å²) in [4.78, 5) is 15.3. The zero-order valence-electron chi connectivity index (χ0n) is 12.0. The van der Waals surface area contributed by atoms with Crippen LogP contribution in [0.2, 0.25) is 0 Å². The van der Waals surface area contributed by atoms with Gasteiger partial charge in [-0.25, -0.2) is 0 Å². The number of hydrogen-bond acceptors (Lipinski definition) is 3. The van der Waals surface area contributed by atoms with E-state index in [0.717, 1.165) is 26.2 Å². The van der Waals surface area contributed by atoms with Crippen molar-refractivity contribution in [1.29, 1.82) is 0 Å². The Morgan fingerprint density at radius 3 is 2.62 bits per heavy atom. The van der Waals surface area contributed by atoms with E-state index < -0.39 is 0 Å². The SMILES string of the molecule is Cc1cc(C(=O)N(CCCN)Cc2ccccc2)sc1Br. The van der Waals surface area contributed by atoms with Gasteiger partial charge in [-0.05, 0) is 53.0 Å². The number of amides is 1. The monoisotopic (exact) mass is 366 g/mol. The minimum absolute atomic E-state index is 0.0751. The summed E-state index contributed by atoms with van der Waals surface area (Å²) in [6.07, 6.45) is 0.810. The maximum absolute atomic E-state index is 12.7. The first kappa shape index (κ1) is 16.2. The third kappa shape index (κ3) is 4.40. The van der Waals surface area contributed by atoms with Crippen molar-refractivity contribution in [3.8, 4) is 0 Å². The molecule has 3 nitrogen and oxygen atoms in total. The zero-order chi connectivity index (χ0) is 15.2. The van der Waals surface area contributed by atoms with Gasteiger partial charge in [0.05, 0.1) is 8.66 Å². The number of nitrogens with zero attached hydrogens (tertiary/aromatic N) is 1. The van der Waals surface area contributed by atoms with E-state index in [1.807, 2.05) is 48.2 Å². The van der Waals surface area contributed by atoms with Gasteiger partial charge in [-0.3, -0.25) is 4.79 Å². The molecule has 0 spiro atoms. The van der Waals surface area contributed by atoms with Crippen LogP contribution in [0.1, 0.15) is 27.2 Å². The molecular formula is C16H19BrN2OS. The number of rotatable bonds is 6. The second kappa shape index (κ2) is 7.73. The zero-order valence-corrected chi connectivity index (χ0v) is 14.4. The average molecular weight is 367 g/mol. The first-order valence-corrected chi connectivity index (χ1v) is 8.52. The summed E-state index contributed by atoms with van der Waals surface area (Å²) in [6.45, 7) is 3.89. The largest absolute Gasteiger partial charge is 0.334 e. The number of aryl methyl sites for hydroxylation is 1. The quantitative estimate of drug-likeness (QED) is 0.844. The fourth-order valence-corrected chi connectivity index (χ4v) is 3.56. The van der Waals surface area contributed by atoms with Gasteiger partial charge in [0, 0.05) is 13.1 Å². The van der Waals surface area contributed by atoms with Crippen molar-refractivity contribution in [3.63, 3.8) is 0 Å². The van der Waals surface area contributed by atoms with Crippen LogP contribution in [-0.2, 0) is 6.54 Å². The minimum Gasteiger partial charge on any atom is -0.334 e. The molecule has 0 fully saturated rings. The molecule has 1 amide bonds. The highest BCUT2D eigenvalue weighted by Gasteiger charge is 2.18. The van der Waals surface area contributed by atoms with E-state index in [0.29, 0.717) is 19.6 Å². The molecule has 0 radical (unpaired) electrons. The highest BCUT2D eigenvalue weighted by molar-refractivity contribution is 9.11. The molecule has 0 bridgehead atoms. The summed E-state index contributed by atoms with van der Waals surface area (Å²) in [5.41, 5.74) is 7.83. The van der Waals surface area contributed by atoms with Gasteiger partial charge < -0.3 is 10.6 Å². The lowest BCUT2D eigenvalue weighted by molar-refractivity contribution is 0.0747. The van der Waals surface area contributed by atoms with Crippen molar-refractivity contribution in [2.75, 3.05) is 13.1 Å².